The summed E-state index contributed by atoms with van der Waals surface area (Å²) in [6.07, 6.45) is 3.19. The van der Waals surface area contributed by atoms with Crippen molar-refractivity contribution in [2.75, 3.05) is 5.32 Å². The summed E-state index contributed by atoms with van der Waals surface area (Å²) in [4.78, 5) is 15.4. The number of hydrogen-bond donors (Lipinski definition) is 1. The second kappa shape index (κ2) is 2.83. The fraction of sp³-hybridized carbons (Fsp3) is 0.400. The zero-order valence-electron chi connectivity index (χ0n) is 7.85. The van der Waals surface area contributed by atoms with Gasteiger partial charge in [0.05, 0.1) is 12.1 Å². The topological polar surface area (TPSA) is 42.0 Å². The molecule has 1 aromatic rings. The van der Waals surface area contributed by atoms with Crippen LogP contribution in [0.25, 0.3) is 0 Å². The SMILES string of the molecule is CCc1c(C)ncc2c1NC(=O)C2. The molecule has 1 aliphatic heterocycles. The number of carbonyl (C=O) groups excluding carboxylic acids is 1. The lowest BCUT2D eigenvalue weighted by atomic mass is 10.1. The molecule has 1 aliphatic rings. The minimum absolute atomic E-state index is 0.0806. The van der Waals surface area contributed by atoms with E-state index in [1.165, 1.54) is 5.56 Å². The number of carbonyl (C=O) groups is 1. The van der Waals surface area contributed by atoms with Gasteiger partial charge in [-0.25, -0.2) is 0 Å². The van der Waals surface area contributed by atoms with E-state index in [2.05, 4.69) is 17.2 Å². The van der Waals surface area contributed by atoms with E-state index in [-0.39, 0.29) is 5.91 Å². The Morgan fingerprint density at radius 1 is 1.62 bits per heavy atom. The van der Waals surface area contributed by atoms with Gasteiger partial charge in [0.15, 0.2) is 0 Å². The standard InChI is InChI=1S/C10H12N2O/c1-3-8-6(2)11-5-7-4-9(13)12-10(7)8/h5H,3-4H2,1-2H3,(H,12,13). The van der Waals surface area contributed by atoms with Crippen LogP contribution in [0.4, 0.5) is 5.69 Å². The van der Waals surface area contributed by atoms with Gasteiger partial charge in [-0.05, 0) is 18.9 Å². The van der Waals surface area contributed by atoms with E-state index in [4.69, 9.17) is 0 Å². The lowest BCUT2D eigenvalue weighted by Crippen LogP contribution is -2.05. The molecule has 0 saturated heterocycles. The van der Waals surface area contributed by atoms with Gasteiger partial charge >= 0.3 is 0 Å². The summed E-state index contributed by atoms with van der Waals surface area (Å²) in [7, 11) is 0. The third-order valence-electron chi connectivity index (χ3n) is 2.44. The number of aryl methyl sites for hydroxylation is 1. The van der Waals surface area contributed by atoms with Gasteiger partial charge < -0.3 is 5.32 Å². The second-order valence-corrected chi connectivity index (χ2v) is 3.30. The molecule has 0 aliphatic carbocycles. The van der Waals surface area contributed by atoms with Crippen molar-refractivity contribution in [1.82, 2.24) is 4.98 Å². The molecule has 0 spiro atoms. The van der Waals surface area contributed by atoms with Crippen molar-refractivity contribution in [3.8, 4) is 0 Å². The van der Waals surface area contributed by atoms with Crippen molar-refractivity contribution in [2.45, 2.75) is 26.7 Å². The van der Waals surface area contributed by atoms with Crippen LogP contribution in [0.5, 0.6) is 0 Å². The predicted octanol–water partition coefficient (Wildman–Crippen LogP) is 1.45. The van der Waals surface area contributed by atoms with Crippen LogP contribution >= 0.6 is 0 Å². The van der Waals surface area contributed by atoms with Crippen molar-refractivity contribution in [2.24, 2.45) is 0 Å². The Kier molecular flexibility index (Phi) is 1.79. The largest absolute Gasteiger partial charge is 0.325 e. The first-order chi connectivity index (χ1) is 6.22. The molecule has 0 bridgehead atoms. The summed E-state index contributed by atoms with van der Waals surface area (Å²) in [5.41, 5.74) is 4.22. The average molecular weight is 176 g/mol. The first kappa shape index (κ1) is 8.23. The molecule has 0 atom stereocenters. The zero-order chi connectivity index (χ0) is 9.42. The maximum atomic E-state index is 11.1. The lowest BCUT2D eigenvalue weighted by Gasteiger charge is -2.07. The first-order valence-corrected chi connectivity index (χ1v) is 4.49. The molecule has 13 heavy (non-hydrogen) atoms. The van der Waals surface area contributed by atoms with E-state index >= 15 is 0 Å². The maximum absolute atomic E-state index is 11.1. The Morgan fingerprint density at radius 2 is 2.38 bits per heavy atom. The van der Waals surface area contributed by atoms with Crippen LogP contribution in [0.1, 0.15) is 23.7 Å². The third-order valence-corrected chi connectivity index (χ3v) is 2.44. The van der Waals surface area contributed by atoms with Crippen LogP contribution < -0.4 is 5.32 Å². The van der Waals surface area contributed by atoms with E-state index < -0.39 is 0 Å². The van der Waals surface area contributed by atoms with Crippen molar-refractivity contribution in [3.05, 3.63) is 23.0 Å². The highest BCUT2D eigenvalue weighted by atomic mass is 16.1. The van der Waals surface area contributed by atoms with Gasteiger partial charge in [-0.15, -0.1) is 0 Å². The summed E-state index contributed by atoms with van der Waals surface area (Å²) in [5.74, 6) is 0.0806. The van der Waals surface area contributed by atoms with Crippen molar-refractivity contribution < 1.29 is 4.79 Å². The van der Waals surface area contributed by atoms with Crippen LogP contribution in [-0.4, -0.2) is 10.9 Å². The second-order valence-electron chi connectivity index (χ2n) is 3.30. The minimum Gasteiger partial charge on any atom is -0.325 e. The molecule has 2 rings (SSSR count). The van der Waals surface area contributed by atoms with Gasteiger partial charge in [0, 0.05) is 17.5 Å². The number of nitrogens with zero attached hydrogens (tertiary/aromatic N) is 1. The molecular weight excluding hydrogens is 164 g/mol. The highest BCUT2D eigenvalue weighted by Crippen LogP contribution is 2.28. The highest BCUT2D eigenvalue weighted by Gasteiger charge is 2.21. The predicted molar refractivity (Wildman–Crippen MR) is 50.7 cm³/mol. The first-order valence-electron chi connectivity index (χ1n) is 4.49. The number of anilines is 1. The van der Waals surface area contributed by atoms with Crippen molar-refractivity contribution in [1.29, 1.82) is 0 Å². The number of fused-ring (bicyclic) bond motifs is 1. The Labute approximate surface area is 77.2 Å². The summed E-state index contributed by atoms with van der Waals surface area (Å²) in [6, 6.07) is 0. The molecular formula is C10H12N2O. The smallest absolute Gasteiger partial charge is 0.228 e. The Morgan fingerprint density at radius 3 is 3.08 bits per heavy atom. The van der Waals surface area contributed by atoms with Gasteiger partial charge in [-0.3, -0.25) is 9.78 Å². The average Bonchev–Trinajstić information content (AvgIpc) is 2.45. The molecule has 0 aromatic carbocycles. The molecule has 0 saturated carbocycles. The molecule has 2 heterocycles. The van der Waals surface area contributed by atoms with Gasteiger partial charge in [0.2, 0.25) is 5.91 Å². The van der Waals surface area contributed by atoms with E-state index in [0.29, 0.717) is 6.42 Å². The van der Waals surface area contributed by atoms with E-state index in [1.807, 2.05) is 6.92 Å². The maximum Gasteiger partial charge on any atom is 0.228 e. The molecule has 1 amide bonds. The van der Waals surface area contributed by atoms with Crippen LogP contribution in [0, 0.1) is 6.92 Å². The molecule has 68 valence electrons. The van der Waals surface area contributed by atoms with Crippen LogP contribution in [-0.2, 0) is 17.6 Å². The Bertz CT molecular complexity index is 371. The number of pyridine rings is 1. The third kappa shape index (κ3) is 1.20. The normalized spacial score (nSPS) is 14.2. The molecule has 1 aromatic heterocycles. The number of rotatable bonds is 1. The zero-order valence-corrected chi connectivity index (χ0v) is 7.85. The fourth-order valence-corrected chi connectivity index (χ4v) is 1.77. The van der Waals surface area contributed by atoms with Gasteiger partial charge in [-0.1, -0.05) is 6.92 Å². The summed E-state index contributed by atoms with van der Waals surface area (Å²) < 4.78 is 0. The molecule has 0 unspecified atom stereocenters. The Balaban J connectivity index is 2.58. The number of aromatic nitrogens is 1. The fourth-order valence-electron chi connectivity index (χ4n) is 1.77. The van der Waals surface area contributed by atoms with E-state index in [0.717, 1.165) is 23.4 Å². The summed E-state index contributed by atoms with van der Waals surface area (Å²) in [5, 5.41) is 2.88. The van der Waals surface area contributed by atoms with Crippen LogP contribution in [0.3, 0.4) is 0 Å². The van der Waals surface area contributed by atoms with Gasteiger partial charge in [0.25, 0.3) is 0 Å². The molecule has 3 heteroatoms. The minimum atomic E-state index is 0.0806. The number of hydrogen-bond acceptors (Lipinski definition) is 2. The molecule has 0 fully saturated rings. The summed E-state index contributed by atoms with van der Waals surface area (Å²) in [6.45, 7) is 4.05. The molecule has 1 N–H and O–H groups in total. The van der Waals surface area contributed by atoms with E-state index in [1.54, 1.807) is 6.20 Å². The van der Waals surface area contributed by atoms with Gasteiger partial charge in [-0.2, -0.15) is 0 Å². The van der Waals surface area contributed by atoms with E-state index in [9.17, 15) is 4.79 Å². The van der Waals surface area contributed by atoms with Crippen LogP contribution in [0.15, 0.2) is 6.20 Å². The molecule has 0 radical (unpaired) electrons. The summed E-state index contributed by atoms with van der Waals surface area (Å²) >= 11 is 0. The number of nitrogens with one attached hydrogen (secondary N) is 1. The Hall–Kier alpha value is -1.38. The molecule has 3 nitrogen and oxygen atoms in total. The quantitative estimate of drug-likeness (QED) is 0.703. The number of amides is 1. The lowest BCUT2D eigenvalue weighted by molar-refractivity contribution is -0.115. The highest BCUT2D eigenvalue weighted by molar-refractivity contribution is 6.00. The van der Waals surface area contributed by atoms with Crippen molar-refractivity contribution >= 4 is 11.6 Å². The van der Waals surface area contributed by atoms with Crippen LogP contribution in [0.2, 0.25) is 0 Å². The monoisotopic (exact) mass is 176 g/mol. The van der Waals surface area contributed by atoms with Crippen molar-refractivity contribution in [3.63, 3.8) is 0 Å². The van der Waals surface area contributed by atoms with Gasteiger partial charge in [0.1, 0.15) is 0 Å².